The highest BCUT2D eigenvalue weighted by Crippen LogP contribution is 2.55. The molecule has 1 heterocycles. The van der Waals surface area contributed by atoms with Crippen molar-refractivity contribution >= 4 is 22.6 Å². The summed E-state index contributed by atoms with van der Waals surface area (Å²) in [6.45, 7) is 19.2. The molecule has 1 aliphatic heterocycles. The van der Waals surface area contributed by atoms with Crippen LogP contribution in [0.15, 0.2) is 11.1 Å². The van der Waals surface area contributed by atoms with Crippen LogP contribution in [-0.4, -0.2) is 51.1 Å². The Balaban J connectivity index is 2.07. The van der Waals surface area contributed by atoms with E-state index in [-0.39, 0.29) is 29.6 Å². The Labute approximate surface area is 172 Å². The van der Waals surface area contributed by atoms with Gasteiger partial charge in [-0.3, -0.25) is 0 Å². The number of hydrogen-bond acceptors (Lipinski definition) is 5. The maximum absolute atomic E-state index is 12.4. The minimum absolute atomic E-state index is 0.0410. The third kappa shape index (κ3) is 3.93. The highest BCUT2D eigenvalue weighted by atomic mass is 28.4. The van der Waals surface area contributed by atoms with Crippen molar-refractivity contribution in [1.82, 2.24) is 0 Å². The van der Waals surface area contributed by atoms with E-state index in [9.17, 15) is 9.90 Å². The van der Waals surface area contributed by atoms with Crippen molar-refractivity contribution in [3.05, 3.63) is 11.1 Å². The van der Waals surface area contributed by atoms with Crippen LogP contribution in [0, 0.1) is 11.8 Å². The van der Waals surface area contributed by atoms with Gasteiger partial charge >= 0.3 is 5.97 Å². The Hall–Kier alpha value is -0.476. The molecule has 28 heavy (non-hydrogen) atoms. The van der Waals surface area contributed by atoms with Crippen LogP contribution in [0.5, 0.6) is 0 Å². The molecule has 0 unspecified atom stereocenters. The average Bonchev–Trinajstić information content (AvgIpc) is 2.85. The van der Waals surface area contributed by atoms with Gasteiger partial charge in [-0.05, 0) is 90.5 Å². The number of aliphatic hydroxyl groups is 1. The lowest BCUT2D eigenvalue weighted by molar-refractivity contribution is -0.154. The first-order chi connectivity index (χ1) is 12.6. The van der Waals surface area contributed by atoms with E-state index >= 15 is 0 Å². The Morgan fingerprint density at radius 3 is 2.25 bits per heavy atom. The van der Waals surface area contributed by atoms with Crippen LogP contribution in [0.25, 0.3) is 0 Å². The molecule has 1 saturated carbocycles. The predicted molar refractivity (Wildman–Crippen MR) is 115 cm³/mol. The van der Waals surface area contributed by atoms with E-state index < -0.39 is 28.2 Å². The van der Waals surface area contributed by atoms with Crippen molar-refractivity contribution in [2.24, 2.45) is 11.8 Å². The normalized spacial score (nSPS) is 41.6. The number of ether oxygens (including phenoxy) is 1. The van der Waals surface area contributed by atoms with E-state index in [4.69, 9.17) is 13.6 Å². The van der Waals surface area contributed by atoms with Crippen LogP contribution in [0.1, 0.15) is 40.0 Å². The Bertz CT molecular complexity index is 688. The molecule has 160 valence electrons. The predicted octanol–water partition coefficient (Wildman–Crippen LogP) is 4.24. The van der Waals surface area contributed by atoms with Crippen LogP contribution in [0.2, 0.25) is 39.3 Å². The molecule has 5 nitrogen and oxygen atoms in total. The SMILES string of the molecule is CC1=C2[C@H]3OC(=O)[C@@](C)(O)[C@@H]3CC[C@@](C)(O[Si](C)(C)C)[C@@H]2C[C@@H]1O[Si](C)(C)C. The Kier molecular flexibility index (Phi) is 5.37. The van der Waals surface area contributed by atoms with Gasteiger partial charge in [-0.2, -0.15) is 0 Å². The molecule has 0 aromatic rings. The molecule has 2 fully saturated rings. The molecule has 0 bridgehead atoms. The van der Waals surface area contributed by atoms with Crippen LogP contribution < -0.4 is 0 Å². The molecule has 0 spiro atoms. The lowest BCUT2D eigenvalue weighted by Gasteiger charge is -2.41. The molecular weight excluding hydrogens is 388 g/mol. The van der Waals surface area contributed by atoms with Gasteiger partial charge in [0.15, 0.2) is 22.2 Å². The minimum atomic E-state index is -1.80. The zero-order valence-corrected chi connectivity index (χ0v) is 21.0. The number of carbonyl (C=O) groups is 1. The summed E-state index contributed by atoms with van der Waals surface area (Å²) >= 11 is 0. The first-order valence-corrected chi connectivity index (χ1v) is 17.4. The molecule has 0 aromatic carbocycles. The fraction of sp³-hybridized carbons (Fsp3) is 0.857. The molecule has 3 aliphatic rings. The number of hydrogen-bond donors (Lipinski definition) is 1. The van der Waals surface area contributed by atoms with E-state index in [2.05, 4.69) is 53.1 Å². The van der Waals surface area contributed by atoms with E-state index in [0.717, 1.165) is 24.8 Å². The van der Waals surface area contributed by atoms with Crippen molar-refractivity contribution in [2.45, 2.75) is 103 Å². The standard InChI is InChI=1S/C21H38O5Si2/c1-13-16(25-27(4,5)6)12-15-17(13)18-14(21(3,23)19(22)24-18)10-11-20(15,2)26-28(7,8)9/h14-16,18,23H,10-12H2,1-9H3/t14-,15-,16+,18+,20-,21+/m1/s1. The Morgan fingerprint density at radius 1 is 1.11 bits per heavy atom. The summed E-state index contributed by atoms with van der Waals surface area (Å²) < 4.78 is 19.1. The molecule has 1 saturated heterocycles. The lowest BCUT2D eigenvalue weighted by Crippen LogP contribution is -2.46. The molecule has 3 rings (SSSR count). The lowest BCUT2D eigenvalue weighted by atomic mass is 9.81. The molecule has 6 atom stereocenters. The van der Waals surface area contributed by atoms with E-state index in [1.165, 1.54) is 5.57 Å². The number of carbonyl (C=O) groups excluding carboxylic acids is 1. The van der Waals surface area contributed by atoms with Crippen molar-refractivity contribution in [1.29, 1.82) is 0 Å². The molecule has 1 N–H and O–H groups in total. The first kappa shape index (κ1) is 22.2. The van der Waals surface area contributed by atoms with E-state index in [0.29, 0.717) is 0 Å². The van der Waals surface area contributed by atoms with Crippen molar-refractivity contribution in [3.8, 4) is 0 Å². The number of rotatable bonds is 4. The second-order valence-electron chi connectivity index (χ2n) is 11.3. The van der Waals surface area contributed by atoms with Gasteiger partial charge in [0.1, 0.15) is 6.10 Å². The zero-order valence-electron chi connectivity index (χ0n) is 19.0. The van der Waals surface area contributed by atoms with Gasteiger partial charge in [0.2, 0.25) is 0 Å². The summed E-state index contributed by atoms with van der Waals surface area (Å²) in [6.07, 6.45) is 2.08. The fourth-order valence-electron chi connectivity index (χ4n) is 5.46. The quantitative estimate of drug-likeness (QED) is 0.414. The smallest absolute Gasteiger partial charge is 0.338 e. The van der Waals surface area contributed by atoms with Crippen LogP contribution in [0.4, 0.5) is 0 Å². The van der Waals surface area contributed by atoms with Crippen LogP contribution >= 0.6 is 0 Å². The second-order valence-corrected chi connectivity index (χ2v) is 20.2. The average molecular weight is 427 g/mol. The van der Waals surface area contributed by atoms with Gasteiger partial charge in [0.05, 0.1) is 11.7 Å². The third-order valence-electron chi connectivity index (χ3n) is 6.53. The largest absolute Gasteiger partial charge is 0.455 e. The van der Waals surface area contributed by atoms with Crippen molar-refractivity contribution < 1.29 is 23.5 Å². The van der Waals surface area contributed by atoms with E-state index in [1.807, 2.05) is 0 Å². The summed E-state index contributed by atoms with van der Waals surface area (Å²) in [6, 6.07) is 0. The minimum Gasteiger partial charge on any atom is -0.455 e. The van der Waals surface area contributed by atoms with Gasteiger partial charge in [-0.25, -0.2) is 4.79 Å². The highest BCUT2D eigenvalue weighted by molar-refractivity contribution is 6.70. The molecule has 0 aromatic heterocycles. The van der Waals surface area contributed by atoms with Gasteiger partial charge in [-0.1, -0.05) is 0 Å². The summed E-state index contributed by atoms with van der Waals surface area (Å²) in [5.41, 5.74) is 0.564. The molecule has 2 aliphatic carbocycles. The third-order valence-corrected chi connectivity index (χ3v) is 8.60. The van der Waals surface area contributed by atoms with Gasteiger partial charge in [0.25, 0.3) is 0 Å². The number of fused-ring (bicyclic) bond motifs is 3. The van der Waals surface area contributed by atoms with Crippen LogP contribution in [-0.2, 0) is 18.4 Å². The number of esters is 1. The van der Waals surface area contributed by atoms with Crippen molar-refractivity contribution in [2.75, 3.05) is 0 Å². The zero-order chi connectivity index (χ0) is 21.3. The topological polar surface area (TPSA) is 65.0 Å². The Morgan fingerprint density at radius 2 is 1.71 bits per heavy atom. The van der Waals surface area contributed by atoms with Gasteiger partial charge in [-0.15, -0.1) is 0 Å². The molecular formula is C21H38O5Si2. The van der Waals surface area contributed by atoms with E-state index in [1.54, 1.807) is 6.92 Å². The monoisotopic (exact) mass is 426 g/mol. The summed E-state index contributed by atoms with van der Waals surface area (Å²) in [5.74, 6) is -0.576. The molecule has 7 heteroatoms. The first-order valence-electron chi connectivity index (χ1n) is 10.6. The summed E-state index contributed by atoms with van der Waals surface area (Å²) in [7, 11) is -3.53. The maximum Gasteiger partial charge on any atom is 0.338 e. The summed E-state index contributed by atoms with van der Waals surface area (Å²) in [4.78, 5) is 12.4. The second kappa shape index (κ2) is 6.77. The summed E-state index contributed by atoms with van der Waals surface area (Å²) in [5, 5.41) is 10.9. The van der Waals surface area contributed by atoms with Crippen LogP contribution in [0.3, 0.4) is 0 Å². The maximum atomic E-state index is 12.4. The van der Waals surface area contributed by atoms with Gasteiger partial charge < -0.3 is 18.7 Å². The fourth-order valence-corrected chi connectivity index (χ4v) is 8.23. The van der Waals surface area contributed by atoms with Crippen molar-refractivity contribution in [3.63, 3.8) is 0 Å². The molecule has 0 amide bonds. The highest BCUT2D eigenvalue weighted by Gasteiger charge is 2.61. The molecule has 0 radical (unpaired) electrons. The van der Waals surface area contributed by atoms with Gasteiger partial charge in [0, 0.05) is 11.8 Å².